The minimum Gasteiger partial charge on any atom is -0.185 e. The number of aryl methyl sites for hydroxylation is 2. The van der Waals surface area contributed by atoms with Crippen molar-refractivity contribution in [2.24, 2.45) is 5.92 Å². The molecular formula is C13H16ClNS. The van der Waals surface area contributed by atoms with Gasteiger partial charge in [0.15, 0.2) is 0 Å². The van der Waals surface area contributed by atoms with Gasteiger partial charge >= 0.3 is 0 Å². The molecule has 1 aromatic carbocycles. The normalized spacial score (nSPS) is 12.2. The molecule has 0 saturated carbocycles. The summed E-state index contributed by atoms with van der Waals surface area (Å²) in [4.78, 5) is 0. The van der Waals surface area contributed by atoms with Crippen LogP contribution in [0, 0.1) is 30.4 Å². The van der Waals surface area contributed by atoms with Crippen LogP contribution in [0.5, 0.6) is 0 Å². The molecule has 1 rings (SSSR count). The summed E-state index contributed by atoms with van der Waals surface area (Å²) in [5, 5.41) is 11.5. The Morgan fingerprint density at radius 2 is 2.00 bits per heavy atom. The van der Waals surface area contributed by atoms with Crippen molar-refractivity contribution in [3.8, 4) is 5.40 Å². The van der Waals surface area contributed by atoms with Crippen LogP contribution in [0.15, 0.2) is 12.1 Å². The highest BCUT2D eigenvalue weighted by atomic mass is 35.5. The lowest BCUT2D eigenvalue weighted by molar-refractivity contribution is 0.659. The molecule has 0 heterocycles. The molecule has 86 valence electrons. The van der Waals surface area contributed by atoms with E-state index >= 15 is 0 Å². The number of benzene rings is 1. The highest BCUT2D eigenvalue weighted by molar-refractivity contribution is 8.03. The SMILES string of the molecule is Cc1cc(Cl)c(CC(C)CSC#N)cc1C. The van der Waals surface area contributed by atoms with Crippen molar-refractivity contribution in [2.45, 2.75) is 27.2 Å². The molecule has 0 aromatic heterocycles. The molecule has 0 saturated heterocycles. The second-order valence-corrected chi connectivity index (χ2v) is 5.45. The van der Waals surface area contributed by atoms with E-state index in [1.165, 1.54) is 28.5 Å². The summed E-state index contributed by atoms with van der Waals surface area (Å²) in [5.74, 6) is 1.34. The summed E-state index contributed by atoms with van der Waals surface area (Å²) in [5.41, 5.74) is 3.70. The Kier molecular flexibility index (Phi) is 5.18. The first kappa shape index (κ1) is 13.4. The first-order valence-electron chi connectivity index (χ1n) is 5.31. The van der Waals surface area contributed by atoms with E-state index in [2.05, 4.69) is 32.2 Å². The van der Waals surface area contributed by atoms with Crippen molar-refractivity contribution in [1.29, 1.82) is 5.26 Å². The average molecular weight is 254 g/mol. The van der Waals surface area contributed by atoms with E-state index in [4.69, 9.17) is 16.9 Å². The number of thioether (sulfide) groups is 1. The number of hydrogen-bond donors (Lipinski definition) is 0. The Morgan fingerprint density at radius 3 is 2.62 bits per heavy atom. The van der Waals surface area contributed by atoms with E-state index in [0.717, 1.165) is 17.2 Å². The summed E-state index contributed by atoms with van der Waals surface area (Å²) in [7, 11) is 0. The zero-order valence-corrected chi connectivity index (χ0v) is 11.5. The molecule has 0 bridgehead atoms. The molecule has 1 aromatic rings. The van der Waals surface area contributed by atoms with Crippen LogP contribution in [0.4, 0.5) is 0 Å². The van der Waals surface area contributed by atoms with Gasteiger partial charge in [0.05, 0.1) is 0 Å². The second kappa shape index (κ2) is 6.18. The van der Waals surface area contributed by atoms with Gasteiger partial charge in [-0.15, -0.1) is 0 Å². The van der Waals surface area contributed by atoms with Gasteiger partial charge in [0.2, 0.25) is 0 Å². The van der Waals surface area contributed by atoms with Gasteiger partial charge in [-0.3, -0.25) is 0 Å². The van der Waals surface area contributed by atoms with Crippen LogP contribution in [0.2, 0.25) is 5.02 Å². The molecule has 0 aliphatic heterocycles. The largest absolute Gasteiger partial charge is 0.185 e. The molecule has 0 fully saturated rings. The van der Waals surface area contributed by atoms with Gasteiger partial charge in [-0.05, 0) is 60.7 Å². The van der Waals surface area contributed by atoms with E-state index in [0.29, 0.717) is 5.92 Å². The van der Waals surface area contributed by atoms with E-state index in [-0.39, 0.29) is 0 Å². The zero-order valence-electron chi connectivity index (χ0n) is 9.88. The predicted molar refractivity (Wildman–Crippen MR) is 71.9 cm³/mol. The Labute approximate surface area is 107 Å². The minimum absolute atomic E-state index is 0.476. The van der Waals surface area contributed by atoms with Gasteiger partial charge in [-0.2, -0.15) is 5.26 Å². The Morgan fingerprint density at radius 1 is 1.38 bits per heavy atom. The number of nitrogens with zero attached hydrogens (tertiary/aromatic N) is 1. The van der Waals surface area contributed by atoms with E-state index in [1.807, 2.05) is 6.07 Å². The van der Waals surface area contributed by atoms with Crippen molar-refractivity contribution in [1.82, 2.24) is 0 Å². The number of nitriles is 1. The smallest absolute Gasteiger partial charge is 0.133 e. The molecule has 0 aliphatic carbocycles. The first-order chi connectivity index (χ1) is 7.54. The summed E-state index contributed by atoms with van der Waals surface area (Å²) >= 11 is 7.52. The van der Waals surface area contributed by atoms with Crippen LogP contribution < -0.4 is 0 Å². The number of rotatable bonds is 4. The first-order valence-corrected chi connectivity index (χ1v) is 6.67. The number of halogens is 1. The summed E-state index contributed by atoms with van der Waals surface area (Å²) in [6, 6.07) is 4.18. The van der Waals surface area contributed by atoms with Crippen molar-refractivity contribution >= 4 is 23.4 Å². The maximum absolute atomic E-state index is 8.50. The van der Waals surface area contributed by atoms with Gasteiger partial charge in [0.1, 0.15) is 5.40 Å². The van der Waals surface area contributed by atoms with Crippen LogP contribution in [0.25, 0.3) is 0 Å². The van der Waals surface area contributed by atoms with E-state index < -0.39 is 0 Å². The van der Waals surface area contributed by atoms with Crippen molar-refractivity contribution in [3.63, 3.8) is 0 Å². The Bertz CT molecular complexity index is 409. The molecule has 0 radical (unpaired) electrons. The van der Waals surface area contributed by atoms with E-state index in [1.54, 1.807) is 0 Å². The van der Waals surface area contributed by atoms with Crippen LogP contribution in [0.1, 0.15) is 23.6 Å². The van der Waals surface area contributed by atoms with Crippen LogP contribution in [0.3, 0.4) is 0 Å². The highest BCUT2D eigenvalue weighted by Crippen LogP contribution is 2.24. The summed E-state index contributed by atoms with van der Waals surface area (Å²) in [6.07, 6.45) is 0.939. The molecule has 1 nitrogen and oxygen atoms in total. The lowest BCUT2D eigenvalue weighted by atomic mass is 9.99. The molecule has 3 heteroatoms. The second-order valence-electron chi connectivity index (χ2n) is 4.24. The van der Waals surface area contributed by atoms with Crippen LogP contribution in [-0.2, 0) is 6.42 Å². The van der Waals surface area contributed by atoms with Gasteiger partial charge in [-0.25, -0.2) is 0 Å². The fourth-order valence-electron chi connectivity index (χ4n) is 1.61. The number of hydrogen-bond acceptors (Lipinski definition) is 2. The van der Waals surface area contributed by atoms with Gasteiger partial charge in [-0.1, -0.05) is 24.6 Å². The molecule has 1 atom stereocenters. The molecular weight excluding hydrogens is 238 g/mol. The van der Waals surface area contributed by atoms with Crippen molar-refractivity contribution < 1.29 is 0 Å². The van der Waals surface area contributed by atoms with Gasteiger partial charge in [0.25, 0.3) is 0 Å². The lowest BCUT2D eigenvalue weighted by Gasteiger charge is -2.12. The standard InChI is InChI=1S/C13H16ClNS/c1-9(7-16-8-15)4-12-5-10(2)11(3)6-13(12)14/h5-6,9H,4,7H2,1-3H3. The maximum Gasteiger partial charge on any atom is 0.133 e. The minimum atomic E-state index is 0.476. The van der Waals surface area contributed by atoms with Gasteiger partial charge < -0.3 is 0 Å². The van der Waals surface area contributed by atoms with Crippen LogP contribution >= 0.6 is 23.4 Å². The number of thiocyanates is 1. The van der Waals surface area contributed by atoms with E-state index in [9.17, 15) is 0 Å². The molecule has 0 N–H and O–H groups in total. The molecule has 16 heavy (non-hydrogen) atoms. The average Bonchev–Trinajstić information content (AvgIpc) is 2.23. The summed E-state index contributed by atoms with van der Waals surface area (Å²) < 4.78 is 0. The molecule has 0 amide bonds. The fraction of sp³-hybridized carbons (Fsp3) is 0.462. The Balaban J connectivity index is 2.74. The van der Waals surface area contributed by atoms with Crippen molar-refractivity contribution in [3.05, 3.63) is 33.8 Å². The molecule has 1 unspecified atom stereocenters. The highest BCUT2D eigenvalue weighted by Gasteiger charge is 2.08. The van der Waals surface area contributed by atoms with Gasteiger partial charge in [0, 0.05) is 10.8 Å². The molecule has 0 spiro atoms. The monoisotopic (exact) mass is 253 g/mol. The zero-order chi connectivity index (χ0) is 12.1. The van der Waals surface area contributed by atoms with Crippen LogP contribution in [-0.4, -0.2) is 5.75 Å². The molecule has 0 aliphatic rings. The third-order valence-corrected chi connectivity index (χ3v) is 3.88. The maximum atomic E-state index is 8.50. The topological polar surface area (TPSA) is 23.8 Å². The summed E-state index contributed by atoms with van der Waals surface area (Å²) in [6.45, 7) is 6.32. The van der Waals surface area contributed by atoms with Crippen molar-refractivity contribution in [2.75, 3.05) is 5.75 Å². The fourth-order valence-corrected chi connectivity index (χ4v) is 2.38. The third kappa shape index (κ3) is 3.73. The predicted octanol–water partition coefficient (Wildman–Crippen LogP) is 4.35. The third-order valence-electron chi connectivity index (χ3n) is 2.66. The quantitative estimate of drug-likeness (QED) is 0.745. The Hall–Kier alpha value is -0.650. The lowest BCUT2D eigenvalue weighted by Crippen LogP contribution is -2.03.